The first-order chi connectivity index (χ1) is 16.9. The van der Waals surface area contributed by atoms with E-state index in [4.69, 9.17) is 0 Å². The molecule has 0 spiro atoms. The van der Waals surface area contributed by atoms with Crippen LogP contribution in [0.25, 0.3) is 21.9 Å². The predicted octanol–water partition coefficient (Wildman–Crippen LogP) is 3.56. The number of rotatable bonds is 8. The molecule has 0 aliphatic heterocycles. The number of nitrogens with one attached hydrogen (secondary N) is 2. The van der Waals surface area contributed by atoms with Crippen molar-refractivity contribution in [1.82, 2.24) is 24.2 Å². The SMILES string of the molecule is Cc1nc2c(Cc3ccc(S(=O)(=O)N(C)[C@H](CO)Cc4c[nH]c5ccccc45)cc3)nccc2[nH]1. The molecule has 5 aromatic rings. The zero-order valence-electron chi connectivity index (χ0n) is 19.6. The summed E-state index contributed by atoms with van der Waals surface area (Å²) in [5.41, 5.74) is 5.47. The molecule has 0 aliphatic carbocycles. The monoisotopic (exact) mass is 489 g/mol. The molecule has 180 valence electrons. The summed E-state index contributed by atoms with van der Waals surface area (Å²) in [5.74, 6) is 0.824. The Morgan fingerprint density at radius 1 is 1.06 bits per heavy atom. The smallest absolute Gasteiger partial charge is 0.243 e. The van der Waals surface area contributed by atoms with Gasteiger partial charge in [0, 0.05) is 36.8 Å². The molecule has 0 fully saturated rings. The van der Waals surface area contributed by atoms with Crippen LogP contribution in [0.15, 0.2) is 71.9 Å². The number of H-pyrrole nitrogens is 2. The first kappa shape index (κ1) is 23.2. The molecule has 2 aromatic carbocycles. The van der Waals surface area contributed by atoms with E-state index in [0.29, 0.717) is 12.8 Å². The van der Waals surface area contributed by atoms with Gasteiger partial charge >= 0.3 is 0 Å². The maximum absolute atomic E-state index is 13.4. The average molecular weight is 490 g/mol. The fraction of sp³-hybridized carbons (Fsp3) is 0.231. The number of sulfonamides is 1. The zero-order chi connectivity index (χ0) is 24.6. The van der Waals surface area contributed by atoms with E-state index in [9.17, 15) is 13.5 Å². The van der Waals surface area contributed by atoms with Crippen LogP contribution in [-0.4, -0.2) is 57.5 Å². The van der Waals surface area contributed by atoms with Gasteiger partial charge in [0.15, 0.2) is 0 Å². The van der Waals surface area contributed by atoms with Crippen LogP contribution in [0.3, 0.4) is 0 Å². The molecular weight excluding hydrogens is 462 g/mol. The Labute approximate surface area is 203 Å². The summed E-state index contributed by atoms with van der Waals surface area (Å²) >= 11 is 0. The Bertz CT molecular complexity index is 1590. The van der Waals surface area contributed by atoms with Crippen molar-refractivity contribution in [3.63, 3.8) is 0 Å². The number of imidazole rings is 1. The Morgan fingerprint density at radius 2 is 1.83 bits per heavy atom. The van der Waals surface area contributed by atoms with E-state index in [0.717, 1.165) is 44.6 Å². The highest BCUT2D eigenvalue weighted by atomic mass is 32.2. The number of aliphatic hydroxyl groups excluding tert-OH is 1. The number of aromatic nitrogens is 4. The lowest BCUT2D eigenvalue weighted by atomic mass is 10.1. The molecule has 0 radical (unpaired) electrons. The molecule has 3 aromatic heterocycles. The van der Waals surface area contributed by atoms with Crippen molar-refractivity contribution in [3.8, 4) is 0 Å². The largest absolute Gasteiger partial charge is 0.395 e. The standard InChI is InChI=1S/C26H27N5O3S/c1-17-29-24-11-12-27-25(26(24)30-17)13-18-7-9-21(10-8-18)35(33,34)31(2)20(16-32)14-19-15-28-23-6-4-3-5-22(19)23/h3-12,15,20,28,32H,13-14,16H2,1-2H3,(H,29,30)/t20-/m0/s1. The molecule has 0 bridgehead atoms. The minimum atomic E-state index is -3.80. The number of aliphatic hydroxyl groups is 1. The summed E-state index contributed by atoms with van der Waals surface area (Å²) in [7, 11) is -2.28. The van der Waals surface area contributed by atoms with Crippen LogP contribution in [-0.2, 0) is 22.9 Å². The second-order valence-electron chi connectivity index (χ2n) is 8.72. The van der Waals surface area contributed by atoms with Crippen LogP contribution in [0.1, 0.15) is 22.6 Å². The Morgan fingerprint density at radius 3 is 2.60 bits per heavy atom. The lowest BCUT2D eigenvalue weighted by Crippen LogP contribution is -2.40. The minimum absolute atomic E-state index is 0.183. The molecule has 0 aliphatic rings. The third kappa shape index (κ3) is 4.45. The van der Waals surface area contributed by atoms with Gasteiger partial charge in [-0.2, -0.15) is 4.31 Å². The summed E-state index contributed by atoms with van der Waals surface area (Å²) in [6, 6.07) is 16.0. The fourth-order valence-electron chi connectivity index (χ4n) is 4.44. The molecule has 9 heteroatoms. The predicted molar refractivity (Wildman–Crippen MR) is 136 cm³/mol. The van der Waals surface area contributed by atoms with Gasteiger partial charge < -0.3 is 15.1 Å². The van der Waals surface area contributed by atoms with Gasteiger partial charge in [-0.05, 0) is 48.7 Å². The van der Waals surface area contributed by atoms with Gasteiger partial charge in [-0.3, -0.25) is 4.98 Å². The summed E-state index contributed by atoms with van der Waals surface area (Å²) in [6.45, 7) is 1.62. The average Bonchev–Trinajstić information content (AvgIpc) is 3.45. The second-order valence-corrected chi connectivity index (χ2v) is 10.7. The molecular formula is C26H27N5O3S. The van der Waals surface area contributed by atoms with Gasteiger partial charge in [-0.1, -0.05) is 30.3 Å². The van der Waals surface area contributed by atoms with Crippen LogP contribution in [0.2, 0.25) is 0 Å². The van der Waals surface area contributed by atoms with Crippen molar-refractivity contribution >= 4 is 32.0 Å². The highest BCUT2D eigenvalue weighted by molar-refractivity contribution is 7.89. The van der Waals surface area contributed by atoms with Crippen LogP contribution >= 0.6 is 0 Å². The summed E-state index contributed by atoms with van der Waals surface area (Å²) in [4.78, 5) is 15.6. The maximum Gasteiger partial charge on any atom is 0.243 e. The maximum atomic E-state index is 13.4. The first-order valence-electron chi connectivity index (χ1n) is 11.4. The molecule has 1 atom stereocenters. The topological polar surface area (TPSA) is 115 Å². The molecule has 3 N–H and O–H groups in total. The van der Waals surface area contributed by atoms with Gasteiger partial charge in [-0.15, -0.1) is 0 Å². The van der Waals surface area contributed by atoms with Gasteiger partial charge in [0.05, 0.1) is 28.8 Å². The molecule has 35 heavy (non-hydrogen) atoms. The van der Waals surface area contributed by atoms with Gasteiger partial charge in [0.2, 0.25) is 10.0 Å². The van der Waals surface area contributed by atoms with E-state index in [-0.39, 0.29) is 11.5 Å². The summed E-state index contributed by atoms with van der Waals surface area (Å²) in [6.07, 6.45) is 4.55. The van der Waals surface area contributed by atoms with Crippen molar-refractivity contribution in [2.45, 2.75) is 30.7 Å². The number of aryl methyl sites for hydroxylation is 1. The van der Waals surface area contributed by atoms with Crippen molar-refractivity contribution in [1.29, 1.82) is 0 Å². The molecule has 0 amide bonds. The fourth-order valence-corrected chi connectivity index (χ4v) is 5.79. The van der Waals surface area contributed by atoms with E-state index < -0.39 is 16.1 Å². The number of fused-ring (bicyclic) bond motifs is 2. The van der Waals surface area contributed by atoms with E-state index in [1.54, 1.807) is 30.5 Å². The lowest BCUT2D eigenvalue weighted by Gasteiger charge is -2.26. The number of hydrogen-bond donors (Lipinski definition) is 3. The third-order valence-corrected chi connectivity index (χ3v) is 8.35. The number of likely N-dealkylation sites (N-methyl/N-ethyl adjacent to an activating group) is 1. The van der Waals surface area contributed by atoms with E-state index in [1.165, 1.54) is 11.4 Å². The number of hydrogen-bond acceptors (Lipinski definition) is 5. The third-order valence-electron chi connectivity index (χ3n) is 6.42. The van der Waals surface area contributed by atoms with Gasteiger partial charge in [-0.25, -0.2) is 13.4 Å². The summed E-state index contributed by atoms with van der Waals surface area (Å²) in [5, 5.41) is 11.1. The molecule has 0 saturated carbocycles. The molecule has 5 rings (SSSR count). The number of pyridine rings is 1. The van der Waals surface area contributed by atoms with E-state index in [1.807, 2.05) is 43.5 Å². The van der Waals surface area contributed by atoms with Crippen LogP contribution in [0.4, 0.5) is 0 Å². The molecule has 8 nitrogen and oxygen atoms in total. The highest BCUT2D eigenvalue weighted by Crippen LogP contribution is 2.24. The summed E-state index contributed by atoms with van der Waals surface area (Å²) < 4.78 is 28.0. The zero-order valence-corrected chi connectivity index (χ0v) is 20.4. The van der Waals surface area contributed by atoms with Gasteiger partial charge in [0.25, 0.3) is 0 Å². The number of benzene rings is 2. The van der Waals surface area contributed by atoms with Crippen LogP contribution in [0, 0.1) is 6.92 Å². The van der Waals surface area contributed by atoms with E-state index in [2.05, 4.69) is 19.9 Å². The van der Waals surface area contributed by atoms with Crippen molar-refractivity contribution in [2.75, 3.05) is 13.7 Å². The number of nitrogens with zero attached hydrogens (tertiary/aromatic N) is 3. The Kier molecular flexibility index (Phi) is 6.14. The molecule has 0 saturated heterocycles. The normalized spacial score (nSPS) is 13.1. The van der Waals surface area contributed by atoms with Crippen molar-refractivity contribution < 1.29 is 13.5 Å². The lowest BCUT2D eigenvalue weighted by molar-refractivity contribution is 0.202. The van der Waals surface area contributed by atoms with E-state index >= 15 is 0 Å². The van der Waals surface area contributed by atoms with Gasteiger partial charge in [0.1, 0.15) is 11.3 Å². The molecule has 3 heterocycles. The molecule has 0 unspecified atom stereocenters. The first-order valence-corrected chi connectivity index (χ1v) is 12.8. The van der Waals surface area contributed by atoms with Crippen LogP contribution in [0.5, 0.6) is 0 Å². The Balaban J connectivity index is 1.35. The number of aromatic amines is 2. The highest BCUT2D eigenvalue weighted by Gasteiger charge is 2.28. The van der Waals surface area contributed by atoms with Crippen LogP contribution < -0.4 is 0 Å². The Hall–Kier alpha value is -3.53. The number of para-hydroxylation sites is 1. The quantitative estimate of drug-likeness (QED) is 0.308. The van der Waals surface area contributed by atoms with Crippen molar-refractivity contribution in [3.05, 3.63) is 89.6 Å². The minimum Gasteiger partial charge on any atom is -0.395 e. The second kappa shape index (κ2) is 9.26. The van der Waals surface area contributed by atoms with Crippen molar-refractivity contribution in [2.24, 2.45) is 0 Å².